The van der Waals surface area contributed by atoms with Crippen LogP contribution in [-0.4, -0.2) is 30.3 Å². The summed E-state index contributed by atoms with van der Waals surface area (Å²) < 4.78 is 5.23. The van der Waals surface area contributed by atoms with Crippen LogP contribution in [0.3, 0.4) is 0 Å². The molecule has 6 heteroatoms. The van der Waals surface area contributed by atoms with Gasteiger partial charge in [-0.05, 0) is 31.0 Å². The lowest BCUT2D eigenvalue weighted by Crippen LogP contribution is -2.47. The number of aliphatic hydroxyl groups excluding tert-OH is 1. The van der Waals surface area contributed by atoms with Crippen molar-refractivity contribution in [2.24, 2.45) is 5.41 Å². The SMILES string of the molecule is CCC(CO)(COC(=O)Nc1ccccc1)C(=O)N[C@H](C)c1ccccc1. The van der Waals surface area contributed by atoms with Crippen LogP contribution in [0.25, 0.3) is 0 Å². The fraction of sp³-hybridized carbons (Fsp3) is 0.333. The van der Waals surface area contributed by atoms with Crippen LogP contribution in [0.1, 0.15) is 31.9 Å². The lowest BCUT2D eigenvalue weighted by atomic mass is 9.85. The van der Waals surface area contributed by atoms with Crippen LogP contribution in [0, 0.1) is 5.41 Å². The van der Waals surface area contributed by atoms with E-state index in [2.05, 4.69) is 10.6 Å². The molecule has 2 aromatic carbocycles. The molecule has 0 aromatic heterocycles. The van der Waals surface area contributed by atoms with E-state index < -0.39 is 18.1 Å². The zero-order chi connectivity index (χ0) is 19.7. The van der Waals surface area contributed by atoms with Gasteiger partial charge in [-0.25, -0.2) is 4.79 Å². The number of ether oxygens (including phenoxy) is 1. The van der Waals surface area contributed by atoms with Gasteiger partial charge in [-0.3, -0.25) is 10.1 Å². The van der Waals surface area contributed by atoms with Gasteiger partial charge < -0.3 is 15.2 Å². The van der Waals surface area contributed by atoms with Crippen molar-refractivity contribution in [2.45, 2.75) is 26.3 Å². The number of hydrogen-bond acceptors (Lipinski definition) is 4. The van der Waals surface area contributed by atoms with E-state index in [0.717, 1.165) is 5.56 Å². The molecule has 0 aliphatic rings. The van der Waals surface area contributed by atoms with Crippen molar-refractivity contribution >= 4 is 17.7 Å². The first kappa shape index (κ1) is 20.5. The van der Waals surface area contributed by atoms with Gasteiger partial charge in [-0.2, -0.15) is 0 Å². The van der Waals surface area contributed by atoms with Crippen molar-refractivity contribution in [3.8, 4) is 0 Å². The maximum absolute atomic E-state index is 12.8. The molecule has 0 aliphatic carbocycles. The van der Waals surface area contributed by atoms with E-state index >= 15 is 0 Å². The Morgan fingerprint density at radius 2 is 1.67 bits per heavy atom. The minimum Gasteiger partial charge on any atom is -0.448 e. The molecule has 27 heavy (non-hydrogen) atoms. The molecule has 0 saturated carbocycles. The number of nitrogens with one attached hydrogen (secondary N) is 2. The molecule has 2 atom stereocenters. The smallest absolute Gasteiger partial charge is 0.411 e. The molecule has 1 unspecified atom stereocenters. The first-order valence-electron chi connectivity index (χ1n) is 8.96. The summed E-state index contributed by atoms with van der Waals surface area (Å²) in [4.78, 5) is 24.8. The first-order valence-corrected chi connectivity index (χ1v) is 8.96. The van der Waals surface area contributed by atoms with Gasteiger partial charge in [-0.15, -0.1) is 0 Å². The minimum absolute atomic E-state index is 0.216. The Balaban J connectivity index is 1.98. The van der Waals surface area contributed by atoms with E-state index in [9.17, 15) is 14.7 Å². The number of amides is 2. The van der Waals surface area contributed by atoms with Gasteiger partial charge >= 0.3 is 6.09 Å². The number of hydrogen-bond donors (Lipinski definition) is 3. The highest BCUT2D eigenvalue weighted by Gasteiger charge is 2.38. The fourth-order valence-corrected chi connectivity index (χ4v) is 2.61. The van der Waals surface area contributed by atoms with E-state index in [0.29, 0.717) is 12.1 Å². The van der Waals surface area contributed by atoms with Gasteiger partial charge in [0.2, 0.25) is 5.91 Å². The highest BCUT2D eigenvalue weighted by atomic mass is 16.5. The van der Waals surface area contributed by atoms with Crippen molar-refractivity contribution in [3.05, 3.63) is 66.2 Å². The van der Waals surface area contributed by atoms with Crippen molar-refractivity contribution in [1.29, 1.82) is 0 Å². The maximum Gasteiger partial charge on any atom is 0.411 e. The average molecular weight is 370 g/mol. The fourth-order valence-electron chi connectivity index (χ4n) is 2.61. The van der Waals surface area contributed by atoms with E-state index in [1.165, 1.54) is 0 Å². The molecule has 0 radical (unpaired) electrons. The highest BCUT2D eigenvalue weighted by Crippen LogP contribution is 2.24. The average Bonchev–Trinajstić information content (AvgIpc) is 2.70. The maximum atomic E-state index is 12.8. The Morgan fingerprint density at radius 3 is 2.22 bits per heavy atom. The summed E-state index contributed by atoms with van der Waals surface area (Å²) in [5, 5.41) is 15.4. The number of anilines is 1. The molecule has 144 valence electrons. The summed E-state index contributed by atoms with van der Waals surface area (Å²) >= 11 is 0. The molecule has 0 fully saturated rings. The van der Waals surface area contributed by atoms with Crippen LogP contribution in [0.15, 0.2) is 60.7 Å². The summed E-state index contributed by atoms with van der Waals surface area (Å²) in [7, 11) is 0. The topological polar surface area (TPSA) is 87.7 Å². The largest absolute Gasteiger partial charge is 0.448 e. The first-order chi connectivity index (χ1) is 13.0. The van der Waals surface area contributed by atoms with Crippen LogP contribution in [0.5, 0.6) is 0 Å². The second kappa shape index (κ2) is 9.73. The Morgan fingerprint density at radius 1 is 1.07 bits per heavy atom. The summed E-state index contributed by atoms with van der Waals surface area (Å²) in [5.41, 5.74) is 0.351. The van der Waals surface area contributed by atoms with Crippen molar-refractivity contribution in [3.63, 3.8) is 0 Å². The molecule has 6 nitrogen and oxygen atoms in total. The summed E-state index contributed by atoms with van der Waals surface area (Å²) in [6.07, 6.45) is -0.341. The second-order valence-electron chi connectivity index (χ2n) is 6.46. The molecule has 2 rings (SSSR count). The van der Waals surface area contributed by atoms with Gasteiger partial charge in [0.05, 0.1) is 12.6 Å². The predicted octanol–water partition coefficient (Wildman–Crippen LogP) is 3.50. The van der Waals surface area contributed by atoms with Crippen molar-refractivity contribution in [1.82, 2.24) is 5.32 Å². The van der Waals surface area contributed by atoms with Crippen LogP contribution in [0.2, 0.25) is 0 Å². The molecule has 2 aromatic rings. The molecular weight excluding hydrogens is 344 g/mol. The molecule has 0 spiro atoms. The zero-order valence-corrected chi connectivity index (χ0v) is 15.6. The third-order valence-corrected chi connectivity index (χ3v) is 4.61. The standard InChI is InChI=1S/C21H26N2O4/c1-3-21(14-24,15-27-20(26)23-18-12-8-5-9-13-18)19(25)22-16(2)17-10-6-4-7-11-17/h4-13,16,24H,3,14-15H2,1-2H3,(H,22,25)(H,23,26)/t16-,21?/m1/s1. The summed E-state index contributed by atoms with van der Waals surface area (Å²) in [6, 6.07) is 18.2. The third kappa shape index (κ3) is 5.56. The monoisotopic (exact) mass is 370 g/mol. The predicted molar refractivity (Wildman–Crippen MR) is 104 cm³/mol. The van der Waals surface area contributed by atoms with Crippen LogP contribution in [-0.2, 0) is 9.53 Å². The van der Waals surface area contributed by atoms with Crippen LogP contribution < -0.4 is 10.6 Å². The van der Waals surface area contributed by atoms with Gasteiger partial charge in [-0.1, -0.05) is 55.5 Å². The van der Waals surface area contributed by atoms with E-state index in [4.69, 9.17) is 4.74 Å². The van der Waals surface area contributed by atoms with Crippen LogP contribution >= 0.6 is 0 Å². The summed E-state index contributed by atoms with van der Waals surface area (Å²) in [5.74, 6) is -0.351. The zero-order valence-electron chi connectivity index (χ0n) is 15.6. The molecule has 0 aliphatic heterocycles. The number of benzene rings is 2. The summed E-state index contributed by atoms with van der Waals surface area (Å²) in [6.45, 7) is 3.01. The van der Waals surface area contributed by atoms with Gasteiger partial charge in [0.1, 0.15) is 12.0 Å². The lowest BCUT2D eigenvalue weighted by molar-refractivity contribution is -0.137. The van der Waals surface area contributed by atoms with Gasteiger partial charge in [0.15, 0.2) is 0 Å². The van der Waals surface area contributed by atoms with Crippen LogP contribution in [0.4, 0.5) is 10.5 Å². The molecule has 0 heterocycles. The minimum atomic E-state index is -1.20. The molecule has 0 bridgehead atoms. The van der Waals surface area contributed by atoms with Crippen molar-refractivity contribution < 1.29 is 19.4 Å². The Bertz CT molecular complexity index is 730. The number of carbonyl (C=O) groups is 2. The van der Waals surface area contributed by atoms with Gasteiger partial charge in [0, 0.05) is 5.69 Å². The second-order valence-corrected chi connectivity index (χ2v) is 6.46. The van der Waals surface area contributed by atoms with Crippen molar-refractivity contribution in [2.75, 3.05) is 18.5 Å². The molecule has 3 N–H and O–H groups in total. The van der Waals surface area contributed by atoms with Gasteiger partial charge in [0.25, 0.3) is 0 Å². The highest BCUT2D eigenvalue weighted by molar-refractivity contribution is 5.86. The van der Waals surface area contributed by atoms with E-state index in [1.54, 1.807) is 31.2 Å². The normalized spacial score (nSPS) is 13.9. The third-order valence-electron chi connectivity index (χ3n) is 4.61. The number of carbonyl (C=O) groups excluding carboxylic acids is 2. The Kier molecular flexibility index (Phi) is 7.37. The quantitative estimate of drug-likeness (QED) is 0.664. The lowest BCUT2D eigenvalue weighted by Gasteiger charge is -2.30. The Labute approximate surface area is 159 Å². The number of rotatable bonds is 8. The molecule has 0 saturated heterocycles. The Hall–Kier alpha value is -2.86. The molecular formula is C21H26N2O4. The number of aliphatic hydroxyl groups is 1. The molecule has 2 amide bonds. The van der Waals surface area contributed by atoms with E-state index in [-0.39, 0.29) is 18.6 Å². The number of para-hydroxylation sites is 1. The van der Waals surface area contributed by atoms with E-state index in [1.807, 2.05) is 43.3 Å².